The van der Waals surface area contributed by atoms with E-state index in [-0.39, 0.29) is 30.4 Å². The van der Waals surface area contributed by atoms with E-state index in [1.54, 1.807) is 0 Å². The predicted octanol–water partition coefficient (Wildman–Crippen LogP) is 4.69. The number of aliphatic carboxylic acids is 1. The van der Waals surface area contributed by atoms with Gasteiger partial charge in [0.15, 0.2) is 0 Å². The molecular formula is C14H29FeO2-. The van der Waals surface area contributed by atoms with E-state index in [9.17, 15) is 4.79 Å². The van der Waals surface area contributed by atoms with Crippen LogP contribution in [-0.4, -0.2) is 11.1 Å². The standard InChI is InChI=1S/C6H10O2.C5H10.C2H6.CH3.Fe/c7-6(8)5-3-1-2-4-5;1-2-4-5-3-1;1-2;;/h5H,1-4H2,(H,7,8);1-5H2;1-2H3;1H3;/q;;;-1;. The van der Waals surface area contributed by atoms with Gasteiger partial charge in [0.1, 0.15) is 0 Å². The molecule has 0 aromatic heterocycles. The van der Waals surface area contributed by atoms with E-state index < -0.39 is 5.97 Å². The Labute approximate surface area is 118 Å². The molecule has 0 spiro atoms. The molecule has 2 rings (SSSR count). The van der Waals surface area contributed by atoms with Gasteiger partial charge in [-0.2, -0.15) is 0 Å². The van der Waals surface area contributed by atoms with Crippen molar-refractivity contribution in [3.63, 3.8) is 0 Å². The molecule has 0 aromatic rings. The quantitative estimate of drug-likeness (QED) is 0.560. The molecule has 0 bridgehead atoms. The maximum atomic E-state index is 10.2. The van der Waals surface area contributed by atoms with Gasteiger partial charge in [0.05, 0.1) is 5.92 Å². The Morgan fingerprint density at radius 3 is 1.35 bits per heavy atom. The molecule has 2 aliphatic carbocycles. The van der Waals surface area contributed by atoms with Crippen LogP contribution in [0.3, 0.4) is 0 Å². The van der Waals surface area contributed by atoms with Crippen molar-refractivity contribution in [3.05, 3.63) is 7.43 Å². The summed E-state index contributed by atoms with van der Waals surface area (Å²) in [7, 11) is 0. The molecule has 0 saturated heterocycles. The first kappa shape index (κ1) is 22.2. The fraction of sp³-hybridized carbons (Fsp3) is 0.857. The first-order chi connectivity index (χ1) is 7.30. The van der Waals surface area contributed by atoms with Crippen molar-refractivity contribution in [2.75, 3.05) is 0 Å². The average Bonchev–Trinajstić information content (AvgIpc) is 2.97. The number of carboxylic acid groups (broad SMARTS) is 1. The van der Waals surface area contributed by atoms with E-state index in [0.717, 1.165) is 25.7 Å². The third-order valence-corrected chi connectivity index (χ3v) is 2.95. The van der Waals surface area contributed by atoms with Gasteiger partial charge in [-0.05, 0) is 12.8 Å². The number of rotatable bonds is 1. The molecule has 1 N–H and O–H groups in total. The molecule has 106 valence electrons. The van der Waals surface area contributed by atoms with Crippen LogP contribution in [0.5, 0.6) is 0 Å². The molecule has 3 heteroatoms. The topological polar surface area (TPSA) is 37.3 Å². The van der Waals surface area contributed by atoms with Crippen molar-refractivity contribution in [1.82, 2.24) is 0 Å². The number of carboxylic acids is 1. The summed E-state index contributed by atoms with van der Waals surface area (Å²) in [4.78, 5) is 10.2. The minimum Gasteiger partial charge on any atom is -0.481 e. The van der Waals surface area contributed by atoms with Gasteiger partial charge in [-0.1, -0.05) is 58.8 Å². The van der Waals surface area contributed by atoms with Gasteiger partial charge in [-0.15, -0.1) is 0 Å². The molecule has 0 aliphatic heterocycles. The van der Waals surface area contributed by atoms with E-state index in [0.29, 0.717) is 0 Å². The molecule has 2 nitrogen and oxygen atoms in total. The fourth-order valence-corrected chi connectivity index (χ4v) is 2.06. The average molecular weight is 285 g/mol. The molecule has 0 radical (unpaired) electrons. The van der Waals surface area contributed by atoms with Crippen molar-refractivity contribution in [3.8, 4) is 0 Å². The largest absolute Gasteiger partial charge is 0.481 e. The van der Waals surface area contributed by atoms with Gasteiger partial charge < -0.3 is 12.5 Å². The third kappa shape index (κ3) is 12.2. The van der Waals surface area contributed by atoms with E-state index >= 15 is 0 Å². The molecule has 2 saturated carbocycles. The zero-order chi connectivity index (χ0) is 11.5. The van der Waals surface area contributed by atoms with Crippen molar-refractivity contribution in [2.45, 2.75) is 71.6 Å². The zero-order valence-electron chi connectivity index (χ0n) is 11.7. The van der Waals surface area contributed by atoms with E-state index in [4.69, 9.17) is 5.11 Å². The maximum Gasteiger partial charge on any atom is 0.306 e. The fourth-order valence-electron chi connectivity index (χ4n) is 2.06. The molecule has 17 heavy (non-hydrogen) atoms. The molecule has 2 fully saturated rings. The van der Waals surface area contributed by atoms with Gasteiger partial charge >= 0.3 is 5.97 Å². The van der Waals surface area contributed by atoms with Crippen LogP contribution in [0.1, 0.15) is 71.6 Å². The molecule has 0 unspecified atom stereocenters. The van der Waals surface area contributed by atoms with Crippen LogP contribution in [0.4, 0.5) is 0 Å². The summed E-state index contributed by atoms with van der Waals surface area (Å²) < 4.78 is 0. The minimum atomic E-state index is -0.609. The van der Waals surface area contributed by atoms with Gasteiger partial charge in [0, 0.05) is 17.1 Å². The monoisotopic (exact) mass is 285 g/mol. The second-order valence-corrected chi connectivity index (χ2v) is 4.09. The summed E-state index contributed by atoms with van der Waals surface area (Å²) in [5, 5.41) is 8.41. The number of carbonyl (C=O) groups is 1. The van der Waals surface area contributed by atoms with E-state index in [2.05, 4.69) is 0 Å². The molecule has 0 heterocycles. The molecule has 2 aliphatic rings. The van der Waals surface area contributed by atoms with Gasteiger partial charge in [0.25, 0.3) is 0 Å². The second-order valence-electron chi connectivity index (χ2n) is 4.09. The summed E-state index contributed by atoms with van der Waals surface area (Å²) in [5.41, 5.74) is 0. The molecule has 0 aromatic carbocycles. The van der Waals surface area contributed by atoms with Crippen LogP contribution in [0.2, 0.25) is 0 Å². The Morgan fingerprint density at radius 2 is 1.18 bits per heavy atom. The van der Waals surface area contributed by atoms with Crippen molar-refractivity contribution in [2.24, 2.45) is 5.92 Å². The summed E-state index contributed by atoms with van der Waals surface area (Å²) in [6.07, 6.45) is 11.5. The Balaban J connectivity index is -0.000000192. The molecule has 0 amide bonds. The SMILES string of the molecule is C1CCCC1.CC.O=C(O)C1CCCC1.[CH3-].[Fe]. The van der Waals surface area contributed by atoms with Crippen molar-refractivity contribution >= 4 is 5.97 Å². The second kappa shape index (κ2) is 16.0. The summed E-state index contributed by atoms with van der Waals surface area (Å²) in [5.74, 6) is -0.627. The first-order valence-electron chi connectivity index (χ1n) is 6.53. The maximum absolute atomic E-state index is 10.2. The van der Waals surface area contributed by atoms with Crippen LogP contribution in [0.25, 0.3) is 0 Å². The Bertz CT molecular complexity index is 143. The summed E-state index contributed by atoms with van der Waals surface area (Å²) in [6.45, 7) is 4.00. The molecular weight excluding hydrogens is 256 g/mol. The van der Waals surface area contributed by atoms with Crippen LogP contribution >= 0.6 is 0 Å². The predicted molar refractivity (Wildman–Crippen MR) is 70.4 cm³/mol. The van der Waals surface area contributed by atoms with Gasteiger partial charge in [-0.25, -0.2) is 0 Å². The smallest absolute Gasteiger partial charge is 0.306 e. The Morgan fingerprint density at radius 1 is 0.882 bits per heavy atom. The first-order valence-corrected chi connectivity index (χ1v) is 6.53. The van der Waals surface area contributed by atoms with Crippen molar-refractivity contribution in [1.29, 1.82) is 0 Å². The Hall–Kier alpha value is -0.0105. The van der Waals surface area contributed by atoms with Crippen LogP contribution < -0.4 is 0 Å². The van der Waals surface area contributed by atoms with Gasteiger partial charge in [-0.3, -0.25) is 4.79 Å². The number of hydrogen-bond donors (Lipinski definition) is 1. The van der Waals surface area contributed by atoms with Crippen LogP contribution in [0.15, 0.2) is 0 Å². The van der Waals surface area contributed by atoms with E-state index in [1.807, 2.05) is 13.8 Å². The minimum absolute atomic E-state index is 0. The zero-order valence-corrected chi connectivity index (χ0v) is 12.8. The third-order valence-electron chi connectivity index (χ3n) is 2.95. The summed E-state index contributed by atoms with van der Waals surface area (Å²) >= 11 is 0. The van der Waals surface area contributed by atoms with Gasteiger partial charge in [0.2, 0.25) is 0 Å². The summed E-state index contributed by atoms with van der Waals surface area (Å²) in [6, 6.07) is 0. The van der Waals surface area contributed by atoms with Crippen LogP contribution in [0, 0.1) is 13.3 Å². The number of hydrogen-bond acceptors (Lipinski definition) is 1. The molecule has 0 atom stereocenters. The Kier molecular flexibility index (Phi) is 20.9. The van der Waals surface area contributed by atoms with Crippen LogP contribution in [-0.2, 0) is 21.9 Å². The van der Waals surface area contributed by atoms with Crippen molar-refractivity contribution < 1.29 is 27.0 Å². The van der Waals surface area contributed by atoms with E-state index in [1.165, 1.54) is 32.1 Å². The normalized spacial score (nSPS) is 17.5.